The number of nitrogens with one attached hydrogen (secondary N) is 2. The SMILES string of the molecule is CC1(C)OC[C@H](NC(=O)Nc2ccccc2Cl)[C@H](c2ccccc2)O1. The molecule has 2 atom stereocenters. The number of carbonyl (C=O) groups excluding carboxylic acids is 1. The largest absolute Gasteiger partial charge is 0.348 e. The Morgan fingerprint density at radius 3 is 2.52 bits per heavy atom. The Morgan fingerprint density at radius 1 is 1.12 bits per heavy atom. The molecule has 0 spiro atoms. The zero-order valence-electron chi connectivity index (χ0n) is 14.2. The molecule has 3 rings (SSSR count). The quantitative estimate of drug-likeness (QED) is 0.855. The fourth-order valence-electron chi connectivity index (χ4n) is 2.75. The van der Waals surface area contributed by atoms with Crippen LogP contribution in [0.3, 0.4) is 0 Å². The fourth-order valence-corrected chi connectivity index (χ4v) is 2.93. The highest BCUT2D eigenvalue weighted by molar-refractivity contribution is 6.33. The maximum absolute atomic E-state index is 12.4. The van der Waals surface area contributed by atoms with E-state index >= 15 is 0 Å². The van der Waals surface area contributed by atoms with Gasteiger partial charge in [0.2, 0.25) is 0 Å². The van der Waals surface area contributed by atoms with Crippen LogP contribution in [-0.2, 0) is 9.47 Å². The first kappa shape index (κ1) is 17.7. The molecule has 2 amide bonds. The van der Waals surface area contributed by atoms with Crippen LogP contribution in [0.15, 0.2) is 54.6 Å². The summed E-state index contributed by atoms with van der Waals surface area (Å²) < 4.78 is 11.8. The molecule has 1 aliphatic rings. The number of halogens is 1. The van der Waals surface area contributed by atoms with Gasteiger partial charge in [0.15, 0.2) is 5.79 Å². The summed E-state index contributed by atoms with van der Waals surface area (Å²) in [6.07, 6.45) is -0.304. The van der Waals surface area contributed by atoms with Gasteiger partial charge in [0.05, 0.1) is 23.4 Å². The van der Waals surface area contributed by atoms with Gasteiger partial charge in [-0.2, -0.15) is 0 Å². The molecule has 1 saturated heterocycles. The maximum Gasteiger partial charge on any atom is 0.319 e. The van der Waals surface area contributed by atoms with Crippen LogP contribution in [0.25, 0.3) is 0 Å². The van der Waals surface area contributed by atoms with Crippen LogP contribution in [0.2, 0.25) is 5.02 Å². The van der Waals surface area contributed by atoms with Gasteiger partial charge in [-0.05, 0) is 31.5 Å². The summed E-state index contributed by atoms with van der Waals surface area (Å²) >= 11 is 6.08. The molecule has 0 radical (unpaired) electrons. The van der Waals surface area contributed by atoms with Gasteiger partial charge in [-0.15, -0.1) is 0 Å². The topological polar surface area (TPSA) is 59.6 Å². The van der Waals surface area contributed by atoms with Crippen molar-refractivity contribution in [1.29, 1.82) is 0 Å². The number of anilines is 1. The molecular weight excluding hydrogens is 340 g/mol. The van der Waals surface area contributed by atoms with E-state index in [1.807, 2.05) is 56.3 Å². The maximum atomic E-state index is 12.4. The summed E-state index contributed by atoms with van der Waals surface area (Å²) in [4.78, 5) is 12.4. The van der Waals surface area contributed by atoms with E-state index in [-0.39, 0.29) is 18.2 Å². The third-order valence-electron chi connectivity index (χ3n) is 3.95. The lowest BCUT2D eigenvalue weighted by molar-refractivity contribution is -0.284. The third kappa shape index (κ3) is 4.51. The molecule has 2 aromatic carbocycles. The molecule has 1 heterocycles. The smallest absolute Gasteiger partial charge is 0.319 e. The molecular formula is C19H21ClN2O3. The molecule has 2 aromatic rings. The van der Waals surface area contributed by atoms with Gasteiger partial charge in [0.25, 0.3) is 0 Å². The Hall–Kier alpha value is -2.08. The van der Waals surface area contributed by atoms with Gasteiger partial charge in [0.1, 0.15) is 6.10 Å². The van der Waals surface area contributed by atoms with E-state index in [4.69, 9.17) is 21.1 Å². The summed E-state index contributed by atoms with van der Waals surface area (Å²) in [6.45, 7) is 4.08. The highest BCUT2D eigenvalue weighted by Crippen LogP contribution is 2.33. The van der Waals surface area contributed by atoms with Gasteiger partial charge in [-0.25, -0.2) is 4.79 Å². The molecule has 5 nitrogen and oxygen atoms in total. The Balaban J connectivity index is 1.73. The first-order chi connectivity index (χ1) is 11.9. The lowest BCUT2D eigenvalue weighted by atomic mass is 10.0. The monoisotopic (exact) mass is 360 g/mol. The Morgan fingerprint density at radius 2 is 1.80 bits per heavy atom. The Labute approximate surface area is 152 Å². The second-order valence-electron chi connectivity index (χ2n) is 6.34. The van der Waals surface area contributed by atoms with E-state index in [9.17, 15) is 4.79 Å². The van der Waals surface area contributed by atoms with E-state index in [0.29, 0.717) is 17.3 Å². The Kier molecular flexibility index (Phi) is 5.27. The van der Waals surface area contributed by atoms with Crippen molar-refractivity contribution in [2.75, 3.05) is 11.9 Å². The van der Waals surface area contributed by atoms with Crippen molar-refractivity contribution in [2.24, 2.45) is 0 Å². The predicted molar refractivity (Wildman–Crippen MR) is 97.7 cm³/mol. The van der Waals surface area contributed by atoms with Crippen LogP contribution in [0.1, 0.15) is 25.5 Å². The normalized spacial score (nSPS) is 22.2. The number of rotatable bonds is 3. The molecule has 2 N–H and O–H groups in total. The highest BCUT2D eigenvalue weighted by atomic mass is 35.5. The zero-order valence-corrected chi connectivity index (χ0v) is 14.9. The van der Waals surface area contributed by atoms with Gasteiger partial charge in [-0.1, -0.05) is 54.1 Å². The van der Waals surface area contributed by atoms with Crippen molar-refractivity contribution in [1.82, 2.24) is 5.32 Å². The summed E-state index contributed by atoms with van der Waals surface area (Å²) in [6, 6.07) is 16.2. The molecule has 1 fully saturated rings. The lowest BCUT2D eigenvalue weighted by Gasteiger charge is -2.41. The first-order valence-corrected chi connectivity index (χ1v) is 8.51. The standard InChI is InChI=1S/C19H21ClN2O3/c1-19(2)24-12-16(17(25-19)13-8-4-3-5-9-13)22-18(23)21-15-11-7-6-10-14(15)20/h3-11,16-17H,12H2,1-2H3,(H2,21,22,23)/t16-,17-/m0/s1. The number of ether oxygens (including phenoxy) is 2. The highest BCUT2D eigenvalue weighted by Gasteiger charge is 2.38. The second-order valence-corrected chi connectivity index (χ2v) is 6.75. The van der Waals surface area contributed by atoms with Crippen LogP contribution in [0.4, 0.5) is 10.5 Å². The van der Waals surface area contributed by atoms with Crippen molar-refractivity contribution in [3.05, 3.63) is 65.2 Å². The average molecular weight is 361 g/mol. The van der Waals surface area contributed by atoms with Gasteiger partial charge in [0, 0.05) is 0 Å². The number of para-hydroxylation sites is 1. The predicted octanol–water partition coefficient (Wildman–Crippen LogP) is 4.35. The molecule has 0 unspecified atom stereocenters. The molecule has 6 heteroatoms. The van der Waals surface area contributed by atoms with E-state index in [2.05, 4.69) is 10.6 Å². The molecule has 0 aliphatic carbocycles. The van der Waals surface area contributed by atoms with Crippen LogP contribution in [0.5, 0.6) is 0 Å². The van der Waals surface area contributed by atoms with E-state index in [0.717, 1.165) is 5.56 Å². The second kappa shape index (κ2) is 7.44. The zero-order chi connectivity index (χ0) is 17.9. The summed E-state index contributed by atoms with van der Waals surface area (Å²) in [5.41, 5.74) is 1.54. The fraction of sp³-hybridized carbons (Fsp3) is 0.316. The van der Waals surface area contributed by atoms with Crippen molar-refractivity contribution in [3.8, 4) is 0 Å². The number of hydrogen-bond acceptors (Lipinski definition) is 3. The number of amides is 2. The minimum absolute atomic E-state index is 0.304. The molecule has 0 saturated carbocycles. The van der Waals surface area contributed by atoms with E-state index < -0.39 is 5.79 Å². The van der Waals surface area contributed by atoms with Crippen molar-refractivity contribution >= 4 is 23.3 Å². The van der Waals surface area contributed by atoms with Crippen molar-refractivity contribution in [3.63, 3.8) is 0 Å². The number of urea groups is 1. The van der Waals surface area contributed by atoms with Gasteiger partial charge < -0.3 is 20.1 Å². The van der Waals surface area contributed by atoms with Crippen molar-refractivity contribution in [2.45, 2.75) is 31.8 Å². The van der Waals surface area contributed by atoms with E-state index in [1.165, 1.54) is 0 Å². The minimum atomic E-state index is -0.710. The van der Waals surface area contributed by atoms with Gasteiger partial charge >= 0.3 is 6.03 Å². The summed E-state index contributed by atoms with van der Waals surface area (Å²) in [5, 5.41) is 6.16. The molecule has 1 aliphatic heterocycles. The number of carbonyl (C=O) groups is 1. The molecule has 132 valence electrons. The number of hydrogen-bond donors (Lipinski definition) is 2. The summed E-state index contributed by atoms with van der Waals surface area (Å²) in [7, 11) is 0. The minimum Gasteiger partial charge on any atom is -0.348 e. The van der Waals surface area contributed by atoms with Crippen LogP contribution < -0.4 is 10.6 Å². The number of benzene rings is 2. The van der Waals surface area contributed by atoms with Crippen LogP contribution >= 0.6 is 11.6 Å². The average Bonchev–Trinajstić information content (AvgIpc) is 2.59. The van der Waals surface area contributed by atoms with Crippen LogP contribution in [0, 0.1) is 0 Å². The first-order valence-electron chi connectivity index (χ1n) is 8.13. The lowest BCUT2D eigenvalue weighted by Crippen LogP contribution is -2.52. The van der Waals surface area contributed by atoms with E-state index in [1.54, 1.807) is 12.1 Å². The van der Waals surface area contributed by atoms with Gasteiger partial charge in [-0.3, -0.25) is 0 Å². The van der Waals surface area contributed by atoms with Crippen LogP contribution in [-0.4, -0.2) is 24.5 Å². The summed E-state index contributed by atoms with van der Waals surface area (Å²) in [5.74, 6) is -0.710. The Bertz CT molecular complexity index is 736. The molecule has 0 bridgehead atoms. The molecule has 25 heavy (non-hydrogen) atoms. The molecule has 0 aromatic heterocycles. The third-order valence-corrected chi connectivity index (χ3v) is 4.28. The van der Waals surface area contributed by atoms with Crippen molar-refractivity contribution < 1.29 is 14.3 Å².